The van der Waals surface area contributed by atoms with Crippen molar-refractivity contribution in [2.45, 2.75) is 13.1 Å². The highest BCUT2D eigenvalue weighted by atomic mass is 32.1. The average molecular weight is 328 g/mol. The Labute approximate surface area is 138 Å². The number of amides is 1. The van der Waals surface area contributed by atoms with Gasteiger partial charge in [0.15, 0.2) is 0 Å². The number of nitrogens with zero attached hydrogens (tertiary/aromatic N) is 2. The van der Waals surface area contributed by atoms with E-state index in [9.17, 15) is 9.18 Å². The van der Waals surface area contributed by atoms with Crippen molar-refractivity contribution in [3.63, 3.8) is 0 Å². The number of hydrogen-bond donors (Lipinski definition) is 0. The molecule has 0 spiro atoms. The van der Waals surface area contributed by atoms with Crippen LogP contribution in [0.2, 0.25) is 0 Å². The van der Waals surface area contributed by atoms with Crippen LogP contribution < -0.4 is 0 Å². The molecule has 0 aliphatic rings. The lowest BCUT2D eigenvalue weighted by Gasteiger charge is -2.23. The van der Waals surface area contributed by atoms with Gasteiger partial charge in [-0.05, 0) is 35.7 Å². The number of hydrogen-bond acceptors (Lipinski definition) is 2. The smallest absolute Gasteiger partial charge is 0.257 e. The van der Waals surface area contributed by atoms with Gasteiger partial charge in [0.05, 0.1) is 18.7 Å². The molecule has 0 saturated heterocycles. The molecule has 5 heteroatoms. The second-order valence-electron chi connectivity index (χ2n) is 5.33. The third kappa shape index (κ3) is 3.51. The van der Waals surface area contributed by atoms with Crippen LogP contribution in [-0.4, -0.2) is 15.4 Å². The Morgan fingerprint density at radius 3 is 2.61 bits per heavy atom. The minimum absolute atomic E-state index is 0.110. The lowest BCUT2D eigenvalue weighted by atomic mass is 10.1. The highest BCUT2D eigenvalue weighted by Crippen LogP contribution is 2.18. The summed E-state index contributed by atoms with van der Waals surface area (Å²) in [6, 6.07) is 14.0. The predicted octanol–water partition coefficient (Wildman–Crippen LogP) is 4.07. The van der Waals surface area contributed by atoms with Crippen molar-refractivity contribution >= 4 is 17.2 Å². The highest BCUT2D eigenvalue weighted by Gasteiger charge is 2.20. The highest BCUT2D eigenvalue weighted by molar-refractivity contribution is 7.09. The molecule has 118 valence electrons. The maximum atomic E-state index is 14.0. The second-order valence-corrected chi connectivity index (χ2v) is 6.36. The van der Waals surface area contributed by atoms with Gasteiger partial charge in [-0.3, -0.25) is 4.79 Å². The monoisotopic (exact) mass is 328 g/mol. The molecule has 2 heterocycles. The average Bonchev–Trinajstić information content (AvgIpc) is 3.19. The first-order valence-corrected chi connectivity index (χ1v) is 8.19. The number of halogens is 1. The third-order valence-electron chi connectivity index (χ3n) is 3.72. The SMILES string of the molecule is Cn1cccc1CN(Cc1cccs1)C(=O)c1ccccc1F. The fourth-order valence-electron chi connectivity index (χ4n) is 2.45. The molecule has 0 saturated carbocycles. The first-order chi connectivity index (χ1) is 11.1. The fourth-order valence-corrected chi connectivity index (χ4v) is 3.17. The van der Waals surface area contributed by atoms with E-state index in [0.29, 0.717) is 13.1 Å². The first-order valence-electron chi connectivity index (χ1n) is 7.31. The molecule has 3 nitrogen and oxygen atoms in total. The minimum atomic E-state index is -0.486. The predicted molar refractivity (Wildman–Crippen MR) is 89.7 cm³/mol. The molecule has 0 aliphatic carbocycles. The summed E-state index contributed by atoms with van der Waals surface area (Å²) in [6.07, 6.45) is 1.94. The maximum Gasteiger partial charge on any atom is 0.257 e. The van der Waals surface area contributed by atoms with Crippen LogP contribution in [0.4, 0.5) is 4.39 Å². The molecule has 2 aromatic heterocycles. The normalized spacial score (nSPS) is 10.7. The zero-order chi connectivity index (χ0) is 16.2. The molecule has 0 radical (unpaired) electrons. The molecule has 0 aliphatic heterocycles. The molecule has 23 heavy (non-hydrogen) atoms. The summed E-state index contributed by atoms with van der Waals surface area (Å²) < 4.78 is 16.0. The van der Waals surface area contributed by atoms with Gasteiger partial charge >= 0.3 is 0 Å². The molecule has 0 unspecified atom stereocenters. The van der Waals surface area contributed by atoms with Crippen molar-refractivity contribution in [2.75, 3.05) is 0 Å². The van der Waals surface area contributed by atoms with Gasteiger partial charge in [0.2, 0.25) is 0 Å². The second kappa shape index (κ2) is 6.79. The Balaban J connectivity index is 1.89. The van der Waals surface area contributed by atoms with Crippen LogP contribution in [0, 0.1) is 5.82 Å². The van der Waals surface area contributed by atoms with Crippen LogP contribution in [0.5, 0.6) is 0 Å². The Morgan fingerprint density at radius 2 is 1.96 bits per heavy atom. The van der Waals surface area contributed by atoms with E-state index in [2.05, 4.69) is 0 Å². The standard InChI is InChI=1S/C18H17FN2OS/c1-20-10-4-6-14(20)12-21(13-15-7-5-11-23-15)18(22)16-8-2-3-9-17(16)19/h2-11H,12-13H2,1H3. The summed E-state index contributed by atoms with van der Waals surface area (Å²) in [4.78, 5) is 15.6. The van der Waals surface area contributed by atoms with Crippen molar-refractivity contribution in [3.05, 3.63) is 82.1 Å². The van der Waals surface area contributed by atoms with Gasteiger partial charge in [-0.2, -0.15) is 0 Å². The van der Waals surface area contributed by atoms with Gasteiger partial charge < -0.3 is 9.47 Å². The maximum absolute atomic E-state index is 14.0. The molecule has 1 amide bonds. The number of carbonyl (C=O) groups is 1. The minimum Gasteiger partial charge on any atom is -0.353 e. The van der Waals surface area contributed by atoms with Crippen molar-refractivity contribution in [3.8, 4) is 0 Å². The van der Waals surface area contributed by atoms with Crippen LogP contribution in [0.15, 0.2) is 60.1 Å². The van der Waals surface area contributed by atoms with Crippen LogP contribution in [0.1, 0.15) is 20.9 Å². The Kier molecular flexibility index (Phi) is 4.57. The van der Waals surface area contributed by atoms with Crippen LogP contribution >= 0.6 is 11.3 Å². The molecule has 0 atom stereocenters. The fraction of sp³-hybridized carbons (Fsp3) is 0.167. The van der Waals surface area contributed by atoms with Gasteiger partial charge in [-0.15, -0.1) is 11.3 Å². The van der Waals surface area contributed by atoms with Crippen molar-refractivity contribution in [2.24, 2.45) is 7.05 Å². The van der Waals surface area contributed by atoms with E-state index in [1.54, 1.807) is 28.4 Å². The van der Waals surface area contributed by atoms with Crippen molar-refractivity contribution in [1.82, 2.24) is 9.47 Å². The summed E-state index contributed by atoms with van der Waals surface area (Å²) in [5.41, 5.74) is 1.12. The molecular formula is C18H17FN2OS. The number of thiophene rings is 1. The Bertz CT molecular complexity index is 795. The van der Waals surface area contributed by atoms with E-state index in [-0.39, 0.29) is 11.5 Å². The number of aryl methyl sites for hydroxylation is 1. The lowest BCUT2D eigenvalue weighted by Crippen LogP contribution is -2.31. The quantitative estimate of drug-likeness (QED) is 0.693. The van der Waals surface area contributed by atoms with Crippen LogP contribution in [-0.2, 0) is 20.1 Å². The van der Waals surface area contributed by atoms with Gasteiger partial charge in [-0.25, -0.2) is 4.39 Å². The van der Waals surface area contributed by atoms with Crippen molar-refractivity contribution < 1.29 is 9.18 Å². The lowest BCUT2D eigenvalue weighted by molar-refractivity contribution is 0.0723. The number of carbonyl (C=O) groups excluding carboxylic acids is 1. The molecule has 0 fully saturated rings. The largest absolute Gasteiger partial charge is 0.353 e. The van der Waals surface area contributed by atoms with Crippen LogP contribution in [0.25, 0.3) is 0 Å². The summed E-state index contributed by atoms with van der Waals surface area (Å²) in [6.45, 7) is 0.907. The summed E-state index contributed by atoms with van der Waals surface area (Å²) in [5, 5.41) is 1.98. The summed E-state index contributed by atoms with van der Waals surface area (Å²) in [5.74, 6) is -0.779. The van der Waals surface area contributed by atoms with Gasteiger partial charge in [-0.1, -0.05) is 18.2 Å². The third-order valence-corrected chi connectivity index (χ3v) is 4.58. The molecule has 0 bridgehead atoms. The molecule has 3 aromatic rings. The Morgan fingerprint density at radius 1 is 1.13 bits per heavy atom. The molecular weight excluding hydrogens is 311 g/mol. The Hall–Kier alpha value is -2.40. The topological polar surface area (TPSA) is 25.2 Å². The summed E-state index contributed by atoms with van der Waals surface area (Å²) >= 11 is 1.59. The van der Waals surface area contributed by atoms with Gasteiger partial charge in [0, 0.05) is 23.8 Å². The van der Waals surface area contributed by atoms with Crippen molar-refractivity contribution in [1.29, 1.82) is 0 Å². The van der Waals surface area contributed by atoms with E-state index >= 15 is 0 Å². The molecule has 1 aromatic carbocycles. The van der Waals surface area contributed by atoms with Crippen LogP contribution in [0.3, 0.4) is 0 Å². The summed E-state index contributed by atoms with van der Waals surface area (Å²) in [7, 11) is 1.94. The molecule has 3 rings (SSSR count). The van der Waals surface area contributed by atoms with Gasteiger partial charge in [0.1, 0.15) is 5.82 Å². The van der Waals surface area contributed by atoms with Gasteiger partial charge in [0.25, 0.3) is 5.91 Å². The zero-order valence-electron chi connectivity index (χ0n) is 12.8. The van der Waals surface area contributed by atoms with E-state index in [0.717, 1.165) is 10.6 Å². The number of aromatic nitrogens is 1. The number of rotatable bonds is 5. The van der Waals surface area contributed by atoms with E-state index in [1.165, 1.54) is 12.1 Å². The van der Waals surface area contributed by atoms with E-state index in [4.69, 9.17) is 0 Å². The molecule has 0 N–H and O–H groups in total. The first kappa shape index (κ1) is 15.5. The van der Waals surface area contributed by atoms with E-state index in [1.807, 2.05) is 47.5 Å². The van der Waals surface area contributed by atoms with E-state index < -0.39 is 5.82 Å². The zero-order valence-corrected chi connectivity index (χ0v) is 13.6. The number of benzene rings is 1.